The molecule has 36 heavy (non-hydrogen) atoms. The Morgan fingerprint density at radius 1 is 0.917 bits per heavy atom. The van der Waals surface area contributed by atoms with E-state index in [0.717, 1.165) is 6.07 Å². The summed E-state index contributed by atoms with van der Waals surface area (Å²) < 4.78 is 63.1. The smallest absolute Gasteiger partial charge is 0.744 e. The van der Waals surface area contributed by atoms with Crippen molar-refractivity contribution in [2.45, 2.75) is 43.0 Å². The largest absolute Gasteiger partial charge is 1.00 e. The molecule has 0 fully saturated rings. The third-order valence-electron chi connectivity index (χ3n) is 4.52. The van der Waals surface area contributed by atoms with E-state index in [4.69, 9.17) is 0 Å². The normalized spacial score (nSPS) is 12.5. The Hall–Kier alpha value is -2.39. The Bertz CT molecular complexity index is 1550. The first-order valence-electron chi connectivity index (χ1n) is 10.2. The summed E-state index contributed by atoms with van der Waals surface area (Å²) in [5.74, 6) is -0.861. The van der Waals surface area contributed by atoms with Crippen LogP contribution in [0.15, 0.2) is 68.6 Å². The van der Waals surface area contributed by atoms with E-state index < -0.39 is 36.5 Å². The number of sulfonamides is 1. The second-order valence-corrected chi connectivity index (χ2v) is 11.7. The van der Waals surface area contributed by atoms with Crippen molar-refractivity contribution in [1.82, 2.24) is 4.72 Å². The number of phenols is 1. The van der Waals surface area contributed by atoms with Crippen molar-refractivity contribution in [3.05, 3.63) is 48.5 Å². The number of amides is 1. The number of carbonyl (C=O) groups excluding carboxylic acids is 1. The molecule has 0 aliphatic carbocycles. The molecule has 3 aromatic rings. The number of carbonyl (C=O) groups is 1. The van der Waals surface area contributed by atoms with E-state index >= 15 is 0 Å². The maximum absolute atomic E-state index is 12.5. The average Bonchev–Trinajstić information content (AvgIpc) is 2.70. The van der Waals surface area contributed by atoms with E-state index in [1.54, 1.807) is 20.8 Å². The molecule has 0 saturated heterocycles. The molecular formula is C22H23N4NaO7S2. The zero-order valence-corrected chi connectivity index (χ0v) is 23.9. The summed E-state index contributed by atoms with van der Waals surface area (Å²) in [6, 6.07) is 10.2. The van der Waals surface area contributed by atoms with Crippen molar-refractivity contribution in [3.8, 4) is 5.75 Å². The fourth-order valence-corrected chi connectivity index (χ4v) is 5.39. The molecule has 0 aliphatic rings. The molecule has 0 aromatic heterocycles. The zero-order chi connectivity index (χ0) is 26.2. The van der Waals surface area contributed by atoms with E-state index in [9.17, 15) is 31.3 Å². The van der Waals surface area contributed by atoms with Gasteiger partial charge in [0.25, 0.3) is 0 Å². The average molecular weight is 543 g/mol. The van der Waals surface area contributed by atoms with Gasteiger partial charge in [-0.15, -0.1) is 5.11 Å². The number of hydrogen-bond donors (Lipinski definition) is 3. The number of aromatic hydroxyl groups is 1. The van der Waals surface area contributed by atoms with Crippen LogP contribution in [0.3, 0.4) is 0 Å². The monoisotopic (exact) mass is 542 g/mol. The molecule has 0 spiro atoms. The van der Waals surface area contributed by atoms with Crippen LogP contribution in [0.25, 0.3) is 10.8 Å². The predicted molar refractivity (Wildman–Crippen MR) is 129 cm³/mol. The van der Waals surface area contributed by atoms with Gasteiger partial charge in [-0.05, 0) is 69.3 Å². The number of fused-ring (bicyclic) bond motifs is 1. The number of azo groups is 1. The molecule has 3 aromatic carbocycles. The molecule has 0 radical (unpaired) electrons. The van der Waals surface area contributed by atoms with Crippen molar-refractivity contribution in [2.24, 2.45) is 10.2 Å². The summed E-state index contributed by atoms with van der Waals surface area (Å²) >= 11 is 0. The van der Waals surface area contributed by atoms with Crippen LogP contribution in [0.5, 0.6) is 5.75 Å². The topological polar surface area (TPSA) is 177 Å². The van der Waals surface area contributed by atoms with Gasteiger partial charge < -0.3 is 15.0 Å². The van der Waals surface area contributed by atoms with Crippen molar-refractivity contribution < 1.29 is 60.8 Å². The first-order chi connectivity index (χ1) is 16.1. The second-order valence-electron chi connectivity index (χ2n) is 8.65. The maximum atomic E-state index is 12.5. The fourth-order valence-electron chi connectivity index (χ4n) is 3.28. The maximum Gasteiger partial charge on any atom is 1.00 e. The molecule has 1 amide bonds. The quantitative estimate of drug-likeness (QED) is 0.235. The molecule has 0 saturated carbocycles. The molecule has 0 atom stereocenters. The Morgan fingerprint density at radius 3 is 2.06 bits per heavy atom. The van der Waals surface area contributed by atoms with Crippen LogP contribution in [0.1, 0.15) is 27.7 Å². The minimum atomic E-state index is -4.98. The molecule has 3 rings (SSSR count). The summed E-state index contributed by atoms with van der Waals surface area (Å²) in [4.78, 5) is 10.9. The molecular weight excluding hydrogens is 519 g/mol. The molecule has 0 unspecified atom stereocenters. The van der Waals surface area contributed by atoms with Gasteiger partial charge in [0.05, 0.1) is 32.2 Å². The molecule has 186 valence electrons. The third kappa shape index (κ3) is 7.09. The van der Waals surface area contributed by atoms with E-state index in [1.165, 1.54) is 49.4 Å². The van der Waals surface area contributed by atoms with E-state index in [-0.39, 0.29) is 68.0 Å². The zero-order valence-electron chi connectivity index (χ0n) is 20.2. The van der Waals surface area contributed by atoms with Crippen LogP contribution < -0.4 is 39.6 Å². The van der Waals surface area contributed by atoms with Crippen molar-refractivity contribution in [2.75, 3.05) is 5.32 Å². The van der Waals surface area contributed by atoms with E-state index in [0.29, 0.717) is 0 Å². The van der Waals surface area contributed by atoms with Gasteiger partial charge in [-0.3, -0.25) is 4.79 Å². The first kappa shape index (κ1) is 29.8. The Labute approximate surface area is 231 Å². The summed E-state index contributed by atoms with van der Waals surface area (Å²) in [7, 11) is -8.74. The molecule has 0 bridgehead atoms. The Morgan fingerprint density at radius 2 is 1.53 bits per heavy atom. The molecule has 0 aliphatic heterocycles. The number of hydrogen-bond acceptors (Lipinski definition) is 9. The summed E-state index contributed by atoms with van der Waals surface area (Å²) in [5.41, 5.74) is -0.418. The Kier molecular flexibility index (Phi) is 9.06. The first-order valence-corrected chi connectivity index (χ1v) is 13.1. The summed E-state index contributed by atoms with van der Waals surface area (Å²) in [5, 5.41) is 20.6. The number of nitrogens with zero attached hydrogens (tertiary/aromatic N) is 2. The van der Waals surface area contributed by atoms with Gasteiger partial charge in [0.2, 0.25) is 15.9 Å². The molecule has 3 N–H and O–H groups in total. The number of benzene rings is 3. The van der Waals surface area contributed by atoms with Gasteiger partial charge in [0, 0.05) is 17.8 Å². The van der Waals surface area contributed by atoms with Crippen LogP contribution >= 0.6 is 0 Å². The van der Waals surface area contributed by atoms with Crippen LogP contribution in [0, 0.1) is 0 Å². The fraction of sp³-hybridized carbons (Fsp3) is 0.227. The molecule has 11 nitrogen and oxygen atoms in total. The number of anilines is 1. The van der Waals surface area contributed by atoms with Crippen molar-refractivity contribution in [1.29, 1.82) is 0 Å². The third-order valence-corrected chi connectivity index (χ3v) is 7.17. The van der Waals surface area contributed by atoms with Crippen LogP contribution in [0.4, 0.5) is 17.1 Å². The van der Waals surface area contributed by atoms with Crippen LogP contribution in [0.2, 0.25) is 0 Å². The summed E-state index contributed by atoms with van der Waals surface area (Å²) in [6.07, 6.45) is 0. The van der Waals surface area contributed by atoms with Crippen LogP contribution in [-0.4, -0.2) is 37.9 Å². The minimum Gasteiger partial charge on any atom is -0.744 e. The van der Waals surface area contributed by atoms with Gasteiger partial charge in [-0.1, -0.05) is 0 Å². The SMILES string of the molecule is CC(=O)Nc1ccc(S(=O)(=O)[O-])c2c(N=Nc3ccc(S(=O)(=O)NC(C)(C)C)cc3)ccc(O)c12.[Na+]. The van der Waals surface area contributed by atoms with Crippen LogP contribution in [-0.2, 0) is 24.9 Å². The number of phenolic OH excluding ortho intramolecular Hbond substituents is 1. The predicted octanol–water partition coefficient (Wildman–Crippen LogP) is 0.904. The van der Waals surface area contributed by atoms with Gasteiger partial charge in [0.1, 0.15) is 15.9 Å². The molecule has 14 heteroatoms. The van der Waals surface area contributed by atoms with Crippen molar-refractivity contribution >= 4 is 53.9 Å². The van der Waals surface area contributed by atoms with Gasteiger partial charge in [-0.2, -0.15) is 5.11 Å². The van der Waals surface area contributed by atoms with Gasteiger partial charge in [-0.25, -0.2) is 21.6 Å². The van der Waals surface area contributed by atoms with E-state index in [1.807, 2.05) is 0 Å². The summed E-state index contributed by atoms with van der Waals surface area (Å²) in [6.45, 7) is 6.36. The minimum absolute atomic E-state index is 0. The van der Waals surface area contributed by atoms with Crippen molar-refractivity contribution in [3.63, 3.8) is 0 Å². The number of nitrogens with one attached hydrogen (secondary N) is 2. The van der Waals surface area contributed by atoms with E-state index in [2.05, 4.69) is 20.3 Å². The number of rotatable bonds is 6. The Balaban J connectivity index is 0.00000456. The standard InChI is InChI=1S/C22H24N4O7S2.Na/c1-13(27)23-16-10-12-19(35(31,32)33)21-17(9-11-18(28)20(16)21)25-24-14-5-7-15(8-6-14)34(29,30)26-22(2,3)4;/h5-12,26,28H,1-4H3,(H,23,27)(H,31,32,33);/q;+1/p-1. The van der Waals surface area contributed by atoms with Gasteiger partial charge in [0.15, 0.2) is 0 Å². The van der Waals surface area contributed by atoms with Gasteiger partial charge >= 0.3 is 29.6 Å². The molecule has 0 heterocycles. The second kappa shape index (κ2) is 10.9.